The summed E-state index contributed by atoms with van der Waals surface area (Å²) in [5.41, 5.74) is 3.66. The first-order chi connectivity index (χ1) is 23.8. The Hall–Kier alpha value is -5.45. The molecule has 0 bridgehead atoms. The molecule has 49 heavy (non-hydrogen) atoms. The van der Waals surface area contributed by atoms with Gasteiger partial charge in [-0.05, 0) is 54.8 Å². The number of hydrogen-bond acceptors (Lipinski definition) is 8. The molecule has 1 aliphatic heterocycles. The van der Waals surface area contributed by atoms with Crippen molar-refractivity contribution in [1.82, 2.24) is 20.6 Å². The zero-order chi connectivity index (χ0) is 34.6. The van der Waals surface area contributed by atoms with Gasteiger partial charge >= 0.3 is 5.97 Å². The Morgan fingerprint density at radius 2 is 1.49 bits per heavy atom. The van der Waals surface area contributed by atoms with Crippen molar-refractivity contribution < 1.29 is 33.7 Å². The van der Waals surface area contributed by atoms with Crippen LogP contribution in [0.1, 0.15) is 61.9 Å². The molecule has 5 rings (SSSR count). The smallest absolute Gasteiger partial charge is 0.325 e. The van der Waals surface area contributed by atoms with Crippen LogP contribution >= 0.6 is 0 Å². The first-order valence-corrected chi connectivity index (χ1v) is 16.7. The average molecular weight is 667 g/mol. The molecule has 0 aliphatic carbocycles. The van der Waals surface area contributed by atoms with E-state index in [1.165, 1.54) is 32.6 Å². The zero-order valence-corrected chi connectivity index (χ0v) is 27.8. The Balaban J connectivity index is 1.22. The van der Waals surface area contributed by atoms with E-state index >= 15 is 0 Å². The number of unbranched alkanes of at least 4 members (excludes halogenated alkanes) is 4. The van der Waals surface area contributed by atoms with Gasteiger partial charge in [-0.25, -0.2) is 9.97 Å². The number of nitrogens with one attached hydrogen (secondary N) is 2. The van der Waals surface area contributed by atoms with Gasteiger partial charge in [0.15, 0.2) is 17.3 Å². The molecule has 2 amide bonds. The molecule has 2 unspecified atom stereocenters. The number of hydrogen-bond donors (Lipinski definition) is 3. The maximum atomic E-state index is 13.2. The number of carbonyl (C=O) groups excluding carboxylic acids is 2. The molecule has 1 aliphatic rings. The predicted octanol–water partition coefficient (Wildman–Crippen LogP) is 5.86. The lowest BCUT2D eigenvalue weighted by Gasteiger charge is -2.21. The van der Waals surface area contributed by atoms with Gasteiger partial charge in [0.2, 0.25) is 5.91 Å². The van der Waals surface area contributed by atoms with E-state index in [-0.39, 0.29) is 12.0 Å². The van der Waals surface area contributed by atoms with Crippen LogP contribution in [0.4, 0.5) is 0 Å². The molecule has 11 heteroatoms. The first-order valence-electron chi connectivity index (χ1n) is 16.7. The fourth-order valence-electron chi connectivity index (χ4n) is 5.30. The lowest BCUT2D eigenvalue weighted by molar-refractivity contribution is -0.141. The Labute approximate surface area is 286 Å². The molecular formula is C38H42N4O7. The number of benzene rings is 3. The van der Waals surface area contributed by atoms with Crippen LogP contribution in [0.2, 0.25) is 0 Å². The predicted molar refractivity (Wildman–Crippen MR) is 185 cm³/mol. The SMILES string of the molecule is CCCCCCCOc1ccc(-c2cnc(-c3ccc(CC(NC(=O)c4ccc5c(c4)OCCO5)C(=O)NC(C)C(=O)O)cc3)nc2)cc1. The van der Waals surface area contributed by atoms with E-state index < -0.39 is 29.9 Å². The summed E-state index contributed by atoms with van der Waals surface area (Å²) in [6, 6.07) is 17.8. The molecule has 0 saturated carbocycles. The molecule has 1 aromatic heterocycles. The number of amides is 2. The third kappa shape index (κ3) is 9.79. The van der Waals surface area contributed by atoms with Gasteiger partial charge in [0.1, 0.15) is 31.0 Å². The quantitative estimate of drug-likeness (QED) is 0.125. The molecule has 2 atom stereocenters. The highest BCUT2D eigenvalue weighted by atomic mass is 16.6. The van der Waals surface area contributed by atoms with Crippen molar-refractivity contribution >= 4 is 17.8 Å². The second kappa shape index (κ2) is 17.1. The zero-order valence-electron chi connectivity index (χ0n) is 27.8. The largest absolute Gasteiger partial charge is 0.494 e. The molecule has 3 aromatic carbocycles. The highest BCUT2D eigenvalue weighted by Crippen LogP contribution is 2.31. The maximum Gasteiger partial charge on any atom is 0.325 e. The number of nitrogens with zero attached hydrogens (tertiary/aromatic N) is 2. The van der Waals surface area contributed by atoms with Crippen LogP contribution in [0.15, 0.2) is 79.1 Å². The van der Waals surface area contributed by atoms with E-state index in [1.807, 2.05) is 48.5 Å². The van der Waals surface area contributed by atoms with E-state index in [2.05, 4.69) is 27.5 Å². The van der Waals surface area contributed by atoms with Gasteiger partial charge in [0, 0.05) is 35.5 Å². The highest BCUT2D eigenvalue weighted by Gasteiger charge is 2.26. The topological polar surface area (TPSA) is 149 Å². The molecule has 3 N–H and O–H groups in total. The number of carboxylic acid groups (broad SMARTS) is 1. The third-order valence-corrected chi connectivity index (χ3v) is 8.16. The Bertz CT molecular complexity index is 1710. The van der Waals surface area contributed by atoms with Crippen molar-refractivity contribution in [2.75, 3.05) is 19.8 Å². The highest BCUT2D eigenvalue weighted by molar-refractivity contribution is 5.98. The minimum Gasteiger partial charge on any atom is -0.494 e. The average Bonchev–Trinajstić information content (AvgIpc) is 3.13. The third-order valence-electron chi connectivity index (χ3n) is 8.16. The van der Waals surface area contributed by atoms with Gasteiger partial charge in [-0.15, -0.1) is 0 Å². The molecule has 11 nitrogen and oxygen atoms in total. The summed E-state index contributed by atoms with van der Waals surface area (Å²) in [7, 11) is 0. The second-order valence-corrected chi connectivity index (χ2v) is 11.9. The number of ether oxygens (including phenoxy) is 3. The van der Waals surface area contributed by atoms with Crippen LogP contribution in [0.3, 0.4) is 0 Å². The summed E-state index contributed by atoms with van der Waals surface area (Å²) >= 11 is 0. The van der Waals surface area contributed by atoms with E-state index in [1.54, 1.807) is 30.6 Å². The van der Waals surface area contributed by atoms with Crippen molar-refractivity contribution in [2.45, 2.75) is 64.5 Å². The number of fused-ring (bicyclic) bond motifs is 1. The van der Waals surface area contributed by atoms with Crippen molar-refractivity contribution in [2.24, 2.45) is 0 Å². The summed E-state index contributed by atoms with van der Waals surface area (Å²) in [4.78, 5) is 46.9. The summed E-state index contributed by atoms with van der Waals surface area (Å²) in [5.74, 6) is 0.0438. The molecule has 256 valence electrons. The monoisotopic (exact) mass is 666 g/mol. The minimum absolute atomic E-state index is 0.118. The molecule has 2 heterocycles. The number of aliphatic carboxylic acids is 1. The summed E-state index contributed by atoms with van der Waals surface area (Å²) in [5, 5.41) is 14.5. The normalized spacial score (nSPS) is 13.2. The maximum absolute atomic E-state index is 13.2. The Morgan fingerprint density at radius 1 is 0.816 bits per heavy atom. The van der Waals surface area contributed by atoms with Gasteiger partial charge in [0.05, 0.1) is 6.61 Å². The number of carboxylic acids is 1. The van der Waals surface area contributed by atoms with Crippen LogP contribution in [-0.4, -0.2) is 64.8 Å². The van der Waals surface area contributed by atoms with E-state index in [4.69, 9.17) is 14.2 Å². The summed E-state index contributed by atoms with van der Waals surface area (Å²) in [6.45, 7) is 5.07. The molecule has 0 spiro atoms. The minimum atomic E-state index is -1.19. The van der Waals surface area contributed by atoms with Gasteiger partial charge < -0.3 is 30.0 Å². The standard InChI is InChI=1S/C38H42N4O7/c1-3-4-5-6-7-18-47-31-15-12-27(13-16-31)30-23-39-35(40-24-30)28-10-8-26(9-11-28)21-32(37(44)41-25(2)38(45)46)42-36(43)29-14-17-33-34(22-29)49-20-19-48-33/h8-17,22-25,32H,3-7,18-21H2,1-2H3,(H,41,44)(H,42,43)(H,45,46). The molecule has 0 fully saturated rings. The van der Waals surface area contributed by atoms with Gasteiger partial charge in [-0.2, -0.15) is 0 Å². The second-order valence-electron chi connectivity index (χ2n) is 11.9. The Morgan fingerprint density at radius 3 is 2.18 bits per heavy atom. The fraction of sp³-hybridized carbons (Fsp3) is 0.342. The van der Waals surface area contributed by atoms with Crippen LogP contribution in [0.5, 0.6) is 17.2 Å². The molecule has 4 aromatic rings. The summed E-state index contributed by atoms with van der Waals surface area (Å²) in [6.07, 6.45) is 9.65. The first kappa shape index (κ1) is 34.9. The van der Waals surface area contributed by atoms with Gasteiger partial charge in [-0.3, -0.25) is 14.4 Å². The van der Waals surface area contributed by atoms with Crippen LogP contribution < -0.4 is 24.8 Å². The number of carbonyl (C=O) groups is 3. The molecule has 0 saturated heterocycles. The Kier molecular flexibility index (Phi) is 12.2. The van der Waals surface area contributed by atoms with E-state index in [0.29, 0.717) is 37.1 Å². The number of aromatic nitrogens is 2. The van der Waals surface area contributed by atoms with Gasteiger partial charge in [0.25, 0.3) is 5.91 Å². The van der Waals surface area contributed by atoms with E-state index in [0.717, 1.165) is 34.4 Å². The van der Waals surface area contributed by atoms with Crippen molar-refractivity contribution in [1.29, 1.82) is 0 Å². The van der Waals surface area contributed by atoms with Crippen molar-refractivity contribution in [3.63, 3.8) is 0 Å². The fourth-order valence-corrected chi connectivity index (χ4v) is 5.30. The van der Waals surface area contributed by atoms with E-state index in [9.17, 15) is 19.5 Å². The van der Waals surface area contributed by atoms with Crippen molar-refractivity contribution in [3.8, 4) is 39.8 Å². The number of rotatable bonds is 16. The lowest BCUT2D eigenvalue weighted by Crippen LogP contribution is -2.51. The lowest BCUT2D eigenvalue weighted by atomic mass is 10.0. The van der Waals surface area contributed by atoms with Crippen LogP contribution in [-0.2, 0) is 16.0 Å². The molecular weight excluding hydrogens is 624 g/mol. The van der Waals surface area contributed by atoms with Crippen LogP contribution in [0, 0.1) is 0 Å². The summed E-state index contributed by atoms with van der Waals surface area (Å²) < 4.78 is 17.0. The molecule has 0 radical (unpaired) electrons. The van der Waals surface area contributed by atoms with Crippen LogP contribution in [0.25, 0.3) is 22.5 Å². The van der Waals surface area contributed by atoms with Gasteiger partial charge in [-0.1, -0.05) is 69.0 Å². The van der Waals surface area contributed by atoms with Crippen molar-refractivity contribution in [3.05, 3.63) is 90.3 Å².